The van der Waals surface area contributed by atoms with Gasteiger partial charge in [-0.25, -0.2) is 4.39 Å². The molecular weight excluding hydrogens is 337 g/mol. The Balaban J connectivity index is 1.92. The van der Waals surface area contributed by atoms with E-state index in [1.165, 1.54) is 19.2 Å². The van der Waals surface area contributed by atoms with Crippen LogP contribution in [0.4, 0.5) is 4.39 Å². The van der Waals surface area contributed by atoms with E-state index in [0.29, 0.717) is 26.2 Å². The summed E-state index contributed by atoms with van der Waals surface area (Å²) >= 11 is 5.93. The molecule has 6 nitrogen and oxygen atoms in total. The number of piperazine rings is 1. The lowest BCUT2D eigenvalue weighted by molar-refractivity contribution is -0.135. The summed E-state index contributed by atoms with van der Waals surface area (Å²) in [6.45, 7) is 1.95. The molecule has 0 saturated carbocycles. The molecule has 0 spiro atoms. The molecule has 2 amide bonds. The molecule has 2 rings (SSSR count). The standard InChI is InChI=1S/C16H21ClFN3O3/c1-24-12(10-19)9-15(22)20-4-6-21(7-5-20)16(23)13-3-2-11(18)8-14(13)17/h2-3,8,12H,4-7,9-10,19H2,1H3. The smallest absolute Gasteiger partial charge is 0.255 e. The quantitative estimate of drug-likeness (QED) is 0.857. The Kier molecular flexibility index (Phi) is 6.53. The first-order chi connectivity index (χ1) is 11.5. The average Bonchev–Trinajstić information content (AvgIpc) is 2.59. The third-order valence-electron chi connectivity index (χ3n) is 4.08. The average molecular weight is 358 g/mol. The summed E-state index contributed by atoms with van der Waals surface area (Å²) in [7, 11) is 1.52. The van der Waals surface area contributed by atoms with Gasteiger partial charge in [0.25, 0.3) is 5.91 Å². The van der Waals surface area contributed by atoms with Crippen molar-refractivity contribution in [1.82, 2.24) is 9.80 Å². The fourth-order valence-corrected chi connectivity index (χ4v) is 2.83. The third kappa shape index (κ3) is 4.43. The van der Waals surface area contributed by atoms with E-state index in [9.17, 15) is 14.0 Å². The maximum Gasteiger partial charge on any atom is 0.255 e. The monoisotopic (exact) mass is 357 g/mol. The molecule has 1 saturated heterocycles. The van der Waals surface area contributed by atoms with Crippen LogP contribution in [0.15, 0.2) is 18.2 Å². The van der Waals surface area contributed by atoms with Crippen LogP contribution in [-0.4, -0.2) is 67.6 Å². The van der Waals surface area contributed by atoms with Crippen LogP contribution in [0.5, 0.6) is 0 Å². The van der Waals surface area contributed by atoms with Crippen LogP contribution in [0.3, 0.4) is 0 Å². The third-order valence-corrected chi connectivity index (χ3v) is 4.39. The number of carbonyl (C=O) groups excluding carboxylic acids is 2. The van der Waals surface area contributed by atoms with Gasteiger partial charge in [-0.2, -0.15) is 0 Å². The maximum absolute atomic E-state index is 13.1. The number of hydrogen-bond donors (Lipinski definition) is 1. The van der Waals surface area contributed by atoms with Crippen LogP contribution < -0.4 is 5.73 Å². The molecule has 24 heavy (non-hydrogen) atoms. The van der Waals surface area contributed by atoms with Crippen LogP contribution in [0.1, 0.15) is 16.8 Å². The van der Waals surface area contributed by atoms with Gasteiger partial charge < -0.3 is 20.3 Å². The van der Waals surface area contributed by atoms with E-state index in [2.05, 4.69) is 0 Å². The Morgan fingerprint density at radius 2 is 1.92 bits per heavy atom. The Morgan fingerprint density at radius 3 is 2.46 bits per heavy atom. The minimum Gasteiger partial charge on any atom is -0.380 e. The first-order valence-corrected chi connectivity index (χ1v) is 8.09. The summed E-state index contributed by atoms with van der Waals surface area (Å²) < 4.78 is 18.2. The molecule has 1 fully saturated rings. The summed E-state index contributed by atoms with van der Waals surface area (Å²) in [4.78, 5) is 27.9. The molecule has 8 heteroatoms. The lowest BCUT2D eigenvalue weighted by Crippen LogP contribution is -2.51. The highest BCUT2D eigenvalue weighted by atomic mass is 35.5. The second-order valence-corrected chi connectivity index (χ2v) is 6.00. The summed E-state index contributed by atoms with van der Waals surface area (Å²) in [6, 6.07) is 3.70. The molecule has 1 aliphatic rings. The highest BCUT2D eigenvalue weighted by Gasteiger charge is 2.27. The molecule has 0 bridgehead atoms. The summed E-state index contributed by atoms with van der Waals surface area (Å²) in [5, 5.41) is 0.0874. The summed E-state index contributed by atoms with van der Waals surface area (Å²) in [5.41, 5.74) is 5.79. The second-order valence-electron chi connectivity index (χ2n) is 5.59. The zero-order valence-electron chi connectivity index (χ0n) is 13.5. The lowest BCUT2D eigenvalue weighted by atomic mass is 10.1. The van der Waals surface area contributed by atoms with Gasteiger partial charge in [-0.3, -0.25) is 9.59 Å². The van der Waals surface area contributed by atoms with E-state index in [1.807, 2.05) is 0 Å². The second kappa shape index (κ2) is 8.41. The van der Waals surface area contributed by atoms with Crippen molar-refractivity contribution in [3.63, 3.8) is 0 Å². The highest BCUT2D eigenvalue weighted by Crippen LogP contribution is 2.20. The number of carbonyl (C=O) groups is 2. The number of halogens is 2. The number of benzene rings is 1. The van der Waals surface area contributed by atoms with Gasteiger partial charge in [0.1, 0.15) is 5.82 Å². The topological polar surface area (TPSA) is 75.9 Å². The predicted molar refractivity (Wildman–Crippen MR) is 88.4 cm³/mol. The molecule has 2 N–H and O–H groups in total. The summed E-state index contributed by atoms with van der Waals surface area (Å²) in [6.07, 6.45) is -0.0692. The van der Waals surface area contributed by atoms with E-state index >= 15 is 0 Å². The van der Waals surface area contributed by atoms with Gasteiger partial charge in [-0.15, -0.1) is 0 Å². The molecule has 0 aliphatic carbocycles. The van der Waals surface area contributed by atoms with Crippen molar-refractivity contribution in [2.45, 2.75) is 12.5 Å². The number of methoxy groups -OCH3 is 1. The molecule has 0 radical (unpaired) electrons. The zero-order valence-corrected chi connectivity index (χ0v) is 14.3. The van der Waals surface area contributed by atoms with Crippen molar-refractivity contribution in [3.05, 3.63) is 34.6 Å². The maximum atomic E-state index is 13.1. The molecule has 1 unspecified atom stereocenters. The van der Waals surface area contributed by atoms with Gasteiger partial charge in [0, 0.05) is 39.8 Å². The van der Waals surface area contributed by atoms with Gasteiger partial charge in [0.05, 0.1) is 23.1 Å². The molecule has 1 aliphatic heterocycles. The molecule has 0 aromatic heterocycles. The van der Waals surface area contributed by atoms with Crippen molar-refractivity contribution in [2.75, 3.05) is 39.8 Å². The molecule has 1 heterocycles. The number of nitrogens with zero attached hydrogens (tertiary/aromatic N) is 2. The Morgan fingerprint density at radius 1 is 1.29 bits per heavy atom. The normalized spacial score (nSPS) is 16.2. The number of nitrogens with two attached hydrogens (primary N) is 1. The molecule has 1 aromatic carbocycles. The van der Waals surface area contributed by atoms with E-state index in [-0.39, 0.29) is 41.5 Å². The van der Waals surface area contributed by atoms with Crippen LogP contribution in [-0.2, 0) is 9.53 Å². The van der Waals surface area contributed by atoms with Crippen molar-refractivity contribution in [1.29, 1.82) is 0 Å². The highest BCUT2D eigenvalue weighted by molar-refractivity contribution is 6.33. The van der Waals surface area contributed by atoms with E-state index in [4.69, 9.17) is 22.1 Å². The van der Waals surface area contributed by atoms with E-state index in [0.717, 1.165) is 6.07 Å². The fraction of sp³-hybridized carbons (Fsp3) is 0.500. The number of rotatable bonds is 5. The largest absolute Gasteiger partial charge is 0.380 e. The van der Waals surface area contributed by atoms with Crippen molar-refractivity contribution >= 4 is 23.4 Å². The molecule has 1 aromatic rings. The number of ether oxygens (including phenoxy) is 1. The Bertz CT molecular complexity index is 602. The van der Waals surface area contributed by atoms with Gasteiger partial charge in [-0.1, -0.05) is 11.6 Å². The van der Waals surface area contributed by atoms with Gasteiger partial charge in [0.2, 0.25) is 5.91 Å². The van der Waals surface area contributed by atoms with Crippen LogP contribution >= 0.6 is 11.6 Å². The SMILES string of the molecule is COC(CN)CC(=O)N1CCN(C(=O)c2ccc(F)cc2Cl)CC1. The van der Waals surface area contributed by atoms with Crippen molar-refractivity contribution in [2.24, 2.45) is 5.73 Å². The number of hydrogen-bond acceptors (Lipinski definition) is 4. The minimum absolute atomic E-state index is 0.0424. The van der Waals surface area contributed by atoms with Crippen LogP contribution in [0, 0.1) is 5.82 Å². The van der Waals surface area contributed by atoms with E-state index < -0.39 is 5.82 Å². The Labute approximate surface area is 145 Å². The van der Waals surface area contributed by atoms with Gasteiger partial charge in [0.15, 0.2) is 0 Å². The van der Waals surface area contributed by atoms with Crippen molar-refractivity contribution < 1.29 is 18.7 Å². The minimum atomic E-state index is -0.487. The van der Waals surface area contributed by atoms with Crippen LogP contribution in [0.2, 0.25) is 5.02 Å². The van der Waals surface area contributed by atoms with E-state index in [1.54, 1.807) is 9.80 Å². The summed E-state index contributed by atoms with van der Waals surface area (Å²) in [5.74, 6) is -0.789. The predicted octanol–water partition coefficient (Wildman–Crippen LogP) is 1.13. The lowest BCUT2D eigenvalue weighted by Gasteiger charge is -2.35. The molecular formula is C16H21ClFN3O3. The molecule has 132 valence electrons. The van der Waals surface area contributed by atoms with Crippen LogP contribution in [0.25, 0.3) is 0 Å². The Hall–Kier alpha value is -1.70. The molecule has 1 atom stereocenters. The fourth-order valence-electron chi connectivity index (χ4n) is 2.58. The van der Waals surface area contributed by atoms with Gasteiger partial charge in [-0.05, 0) is 18.2 Å². The zero-order chi connectivity index (χ0) is 17.7. The number of amides is 2. The van der Waals surface area contributed by atoms with Crippen molar-refractivity contribution in [3.8, 4) is 0 Å². The first-order valence-electron chi connectivity index (χ1n) is 7.71. The van der Waals surface area contributed by atoms with Gasteiger partial charge >= 0.3 is 0 Å². The first kappa shape index (κ1) is 18.6.